The Bertz CT molecular complexity index is 925. The number of carbonyl (C=O) groups excluding carboxylic acids is 2. The fourth-order valence-corrected chi connectivity index (χ4v) is 2.92. The zero-order valence-electron chi connectivity index (χ0n) is 16.2. The lowest BCUT2D eigenvalue weighted by Gasteiger charge is -2.33. The second-order valence-electron chi connectivity index (χ2n) is 6.59. The van der Waals surface area contributed by atoms with Crippen LogP contribution in [0.1, 0.15) is 6.92 Å². The Morgan fingerprint density at radius 2 is 1.62 bits per heavy atom. The minimum absolute atomic E-state index is 0.0193. The summed E-state index contributed by atoms with van der Waals surface area (Å²) in [6, 6.07) is 18.3. The van der Waals surface area contributed by atoms with Gasteiger partial charge in [-0.15, -0.1) is 0 Å². The molecule has 0 radical (unpaired) electrons. The number of hydrogen-bond donors (Lipinski definition) is 1. The van der Waals surface area contributed by atoms with Crippen LogP contribution in [0, 0.1) is 11.3 Å². The third-order valence-electron chi connectivity index (χ3n) is 4.53. The van der Waals surface area contributed by atoms with Gasteiger partial charge in [0.05, 0.1) is 0 Å². The van der Waals surface area contributed by atoms with Gasteiger partial charge in [0.2, 0.25) is 5.91 Å². The maximum Gasteiger partial charge on any atom is 0.267 e. The molecule has 1 N–H and O–H groups in total. The summed E-state index contributed by atoms with van der Waals surface area (Å²) in [7, 11) is 0. The van der Waals surface area contributed by atoms with E-state index in [0.717, 1.165) is 5.75 Å². The van der Waals surface area contributed by atoms with Crippen molar-refractivity contribution in [1.82, 2.24) is 9.80 Å². The Labute approximate surface area is 169 Å². The molecule has 1 aliphatic rings. The second kappa shape index (κ2) is 9.42. The van der Waals surface area contributed by atoms with Crippen molar-refractivity contribution in [3.05, 3.63) is 66.4 Å². The largest absolute Gasteiger partial charge is 0.457 e. The van der Waals surface area contributed by atoms with E-state index in [4.69, 9.17) is 4.74 Å². The van der Waals surface area contributed by atoms with E-state index in [2.05, 4.69) is 5.32 Å². The molecule has 2 aromatic carbocycles. The molecule has 0 spiro atoms. The van der Waals surface area contributed by atoms with Gasteiger partial charge in [0, 0.05) is 45.0 Å². The fourth-order valence-electron chi connectivity index (χ4n) is 2.92. The summed E-state index contributed by atoms with van der Waals surface area (Å²) in [6.45, 7) is 3.87. The first-order chi connectivity index (χ1) is 14.0. The van der Waals surface area contributed by atoms with Crippen molar-refractivity contribution in [2.24, 2.45) is 0 Å². The van der Waals surface area contributed by atoms with Crippen LogP contribution in [-0.4, -0.2) is 47.8 Å². The van der Waals surface area contributed by atoms with Crippen LogP contribution in [0.15, 0.2) is 66.4 Å². The van der Waals surface area contributed by atoms with Crippen molar-refractivity contribution in [3.8, 4) is 17.6 Å². The number of nitriles is 1. The van der Waals surface area contributed by atoms with E-state index in [1.165, 1.54) is 6.92 Å². The maximum absolute atomic E-state index is 12.4. The number of amides is 2. The van der Waals surface area contributed by atoms with Gasteiger partial charge in [-0.1, -0.05) is 18.2 Å². The highest BCUT2D eigenvalue weighted by atomic mass is 16.5. The van der Waals surface area contributed by atoms with E-state index in [9.17, 15) is 14.9 Å². The zero-order chi connectivity index (χ0) is 20.6. The molecule has 2 amide bonds. The molecule has 7 nitrogen and oxygen atoms in total. The van der Waals surface area contributed by atoms with Gasteiger partial charge in [-0.3, -0.25) is 9.59 Å². The molecule has 148 valence electrons. The molecule has 0 bridgehead atoms. The fraction of sp³-hybridized carbons (Fsp3) is 0.227. The van der Waals surface area contributed by atoms with E-state index in [0.29, 0.717) is 37.6 Å². The molecule has 2 aromatic rings. The Kier molecular flexibility index (Phi) is 6.48. The van der Waals surface area contributed by atoms with Crippen molar-refractivity contribution in [2.75, 3.05) is 31.5 Å². The molecule has 0 atom stereocenters. The monoisotopic (exact) mass is 390 g/mol. The van der Waals surface area contributed by atoms with Gasteiger partial charge in [-0.2, -0.15) is 5.26 Å². The SMILES string of the molecule is CC(=O)N1CCN(/C=C(/C#N)C(=O)Nc2ccc(Oc3ccccc3)cc2)CC1. The normalized spacial score (nSPS) is 14.1. The Hall–Kier alpha value is -3.79. The lowest BCUT2D eigenvalue weighted by Crippen LogP contribution is -2.46. The number of piperazine rings is 1. The molecule has 1 fully saturated rings. The predicted molar refractivity (Wildman–Crippen MR) is 109 cm³/mol. The molecule has 1 aliphatic heterocycles. The molecule has 7 heteroatoms. The van der Waals surface area contributed by atoms with Crippen LogP contribution in [0.4, 0.5) is 5.69 Å². The molecule has 3 rings (SSSR count). The topological polar surface area (TPSA) is 85.7 Å². The third kappa shape index (κ3) is 5.59. The lowest BCUT2D eigenvalue weighted by atomic mass is 10.2. The summed E-state index contributed by atoms with van der Waals surface area (Å²) in [5, 5.41) is 12.1. The molecule has 29 heavy (non-hydrogen) atoms. The summed E-state index contributed by atoms with van der Waals surface area (Å²) in [4.78, 5) is 27.5. The quantitative estimate of drug-likeness (QED) is 0.627. The maximum atomic E-state index is 12.4. The minimum atomic E-state index is -0.474. The number of nitrogens with zero attached hydrogens (tertiary/aromatic N) is 3. The van der Waals surface area contributed by atoms with Crippen LogP contribution in [0.25, 0.3) is 0 Å². The zero-order valence-corrected chi connectivity index (χ0v) is 16.2. The number of ether oxygens (including phenoxy) is 1. The molecule has 0 aliphatic carbocycles. The lowest BCUT2D eigenvalue weighted by molar-refractivity contribution is -0.130. The first-order valence-electron chi connectivity index (χ1n) is 9.31. The Morgan fingerprint density at radius 1 is 1.00 bits per heavy atom. The summed E-state index contributed by atoms with van der Waals surface area (Å²) in [5.41, 5.74) is 0.587. The summed E-state index contributed by atoms with van der Waals surface area (Å²) >= 11 is 0. The third-order valence-corrected chi connectivity index (χ3v) is 4.53. The van der Waals surface area contributed by atoms with Crippen LogP contribution < -0.4 is 10.1 Å². The number of hydrogen-bond acceptors (Lipinski definition) is 5. The number of anilines is 1. The number of nitrogens with one attached hydrogen (secondary N) is 1. The molecule has 0 unspecified atom stereocenters. The van der Waals surface area contributed by atoms with Gasteiger partial charge >= 0.3 is 0 Å². The van der Waals surface area contributed by atoms with Gasteiger partial charge in [0.15, 0.2) is 0 Å². The summed E-state index contributed by atoms with van der Waals surface area (Å²) < 4.78 is 5.72. The van der Waals surface area contributed by atoms with E-state index >= 15 is 0 Å². The van der Waals surface area contributed by atoms with Crippen molar-refractivity contribution in [3.63, 3.8) is 0 Å². The van der Waals surface area contributed by atoms with Crippen LogP contribution in [0.3, 0.4) is 0 Å². The van der Waals surface area contributed by atoms with Crippen LogP contribution in [-0.2, 0) is 9.59 Å². The molecular formula is C22H22N4O3. The summed E-state index contributed by atoms with van der Waals surface area (Å²) in [6.07, 6.45) is 1.56. The Balaban J connectivity index is 1.58. The van der Waals surface area contributed by atoms with Gasteiger partial charge in [0.25, 0.3) is 5.91 Å². The summed E-state index contributed by atoms with van der Waals surface area (Å²) in [5.74, 6) is 0.933. The highest BCUT2D eigenvalue weighted by Crippen LogP contribution is 2.22. The predicted octanol–water partition coefficient (Wildman–Crippen LogP) is 2.99. The van der Waals surface area contributed by atoms with E-state index in [1.807, 2.05) is 41.3 Å². The van der Waals surface area contributed by atoms with E-state index in [1.54, 1.807) is 35.4 Å². The molecule has 0 aromatic heterocycles. The standard InChI is InChI=1S/C22H22N4O3/c1-17(27)26-13-11-25(12-14-26)16-18(15-23)22(28)24-19-7-9-21(10-8-19)29-20-5-3-2-4-6-20/h2-10,16H,11-14H2,1H3,(H,24,28)/b18-16-. The molecule has 1 heterocycles. The molecule has 1 saturated heterocycles. The van der Waals surface area contributed by atoms with Crippen molar-refractivity contribution in [2.45, 2.75) is 6.92 Å². The highest BCUT2D eigenvalue weighted by molar-refractivity contribution is 6.06. The molecular weight excluding hydrogens is 368 g/mol. The molecule has 0 saturated carbocycles. The van der Waals surface area contributed by atoms with Crippen LogP contribution in [0.2, 0.25) is 0 Å². The van der Waals surface area contributed by atoms with Gasteiger partial charge in [-0.05, 0) is 36.4 Å². The minimum Gasteiger partial charge on any atom is -0.457 e. The Morgan fingerprint density at radius 3 is 2.21 bits per heavy atom. The van der Waals surface area contributed by atoms with Gasteiger partial charge < -0.3 is 19.9 Å². The number of rotatable bonds is 5. The van der Waals surface area contributed by atoms with Crippen molar-refractivity contribution in [1.29, 1.82) is 5.26 Å². The first kappa shape index (κ1) is 20.0. The van der Waals surface area contributed by atoms with E-state index < -0.39 is 5.91 Å². The number of benzene rings is 2. The van der Waals surface area contributed by atoms with Crippen LogP contribution in [0.5, 0.6) is 11.5 Å². The van der Waals surface area contributed by atoms with Crippen LogP contribution >= 0.6 is 0 Å². The van der Waals surface area contributed by atoms with Gasteiger partial charge in [0.1, 0.15) is 23.1 Å². The van der Waals surface area contributed by atoms with Gasteiger partial charge in [-0.25, -0.2) is 0 Å². The number of para-hydroxylation sites is 1. The average molecular weight is 390 g/mol. The average Bonchev–Trinajstić information content (AvgIpc) is 2.74. The second-order valence-corrected chi connectivity index (χ2v) is 6.59. The smallest absolute Gasteiger partial charge is 0.267 e. The highest BCUT2D eigenvalue weighted by Gasteiger charge is 2.18. The number of carbonyl (C=O) groups is 2. The first-order valence-corrected chi connectivity index (χ1v) is 9.31. The van der Waals surface area contributed by atoms with Crippen molar-refractivity contribution >= 4 is 17.5 Å². The van der Waals surface area contributed by atoms with E-state index in [-0.39, 0.29) is 11.5 Å². The van der Waals surface area contributed by atoms with Crippen molar-refractivity contribution < 1.29 is 14.3 Å².